The predicted octanol–water partition coefficient (Wildman–Crippen LogP) is 3.16. The van der Waals surface area contributed by atoms with Gasteiger partial charge in [-0.1, -0.05) is 33.1 Å². The molecule has 1 aliphatic rings. The van der Waals surface area contributed by atoms with Gasteiger partial charge in [0.1, 0.15) is 0 Å². The molecule has 0 aromatic carbocycles. The van der Waals surface area contributed by atoms with E-state index in [1.807, 2.05) is 6.92 Å². The van der Waals surface area contributed by atoms with E-state index in [4.69, 9.17) is 0 Å². The Morgan fingerprint density at radius 3 is 2.06 bits per heavy atom. The third-order valence-electron chi connectivity index (χ3n) is 4.65. The Kier molecular flexibility index (Phi) is 5.17. The third kappa shape index (κ3) is 2.52. The summed E-state index contributed by atoms with van der Waals surface area (Å²) in [6.45, 7) is 3.59. The van der Waals surface area contributed by atoms with Gasteiger partial charge in [0.15, 0.2) is 0 Å². The molecule has 0 bridgehead atoms. The molecule has 1 rings (SSSR count). The van der Waals surface area contributed by atoms with Gasteiger partial charge in [0.2, 0.25) is 0 Å². The molecule has 0 aliphatic heterocycles. The second-order valence-electron chi connectivity index (χ2n) is 5.33. The van der Waals surface area contributed by atoms with Gasteiger partial charge in [0.25, 0.3) is 0 Å². The molecule has 2 unspecified atom stereocenters. The van der Waals surface area contributed by atoms with Crippen LogP contribution in [0.1, 0.15) is 58.8 Å². The Morgan fingerprint density at radius 2 is 1.72 bits per heavy atom. The molecule has 2 atom stereocenters. The molecule has 0 aromatic rings. The highest BCUT2D eigenvalue weighted by atomic mass is 16.4. The molecular formula is C14H24O4. The molecule has 4 nitrogen and oxygen atoms in total. The summed E-state index contributed by atoms with van der Waals surface area (Å²) < 4.78 is 0. The first-order valence-corrected chi connectivity index (χ1v) is 6.96. The van der Waals surface area contributed by atoms with Crippen molar-refractivity contribution in [3.8, 4) is 0 Å². The number of carbonyl (C=O) groups is 2. The summed E-state index contributed by atoms with van der Waals surface area (Å²) in [6, 6.07) is 0. The van der Waals surface area contributed by atoms with E-state index < -0.39 is 23.3 Å². The molecule has 4 heteroatoms. The summed E-state index contributed by atoms with van der Waals surface area (Å²) in [6.07, 6.45) is 5.67. The predicted molar refractivity (Wildman–Crippen MR) is 68.4 cm³/mol. The van der Waals surface area contributed by atoms with Crippen LogP contribution >= 0.6 is 0 Å². The minimum atomic E-state index is -1.08. The number of carboxylic acids is 2. The maximum Gasteiger partial charge on any atom is 0.310 e. The number of aliphatic carboxylic acids is 2. The highest BCUT2D eigenvalue weighted by molar-refractivity contribution is 5.83. The van der Waals surface area contributed by atoms with Crippen LogP contribution in [0, 0.1) is 17.3 Å². The van der Waals surface area contributed by atoms with E-state index in [2.05, 4.69) is 0 Å². The molecule has 0 aromatic heterocycles. The van der Waals surface area contributed by atoms with Gasteiger partial charge in [-0.2, -0.15) is 0 Å². The summed E-state index contributed by atoms with van der Waals surface area (Å²) in [5.74, 6) is -2.66. The maximum atomic E-state index is 11.8. The summed E-state index contributed by atoms with van der Waals surface area (Å²) in [4.78, 5) is 23.2. The summed E-state index contributed by atoms with van der Waals surface area (Å²) in [5.41, 5.74) is -1.08. The van der Waals surface area contributed by atoms with Crippen LogP contribution in [-0.2, 0) is 9.59 Å². The van der Waals surface area contributed by atoms with Crippen molar-refractivity contribution in [3.05, 3.63) is 0 Å². The highest BCUT2D eigenvalue weighted by Gasteiger charge is 2.52. The first kappa shape index (κ1) is 15.0. The SMILES string of the molecule is CCC(C(=O)O)C(CC)(C(=O)O)C1CCCCC1. The molecular weight excluding hydrogens is 232 g/mol. The second kappa shape index (κ2) is 6.21. The van der Waals surface area contributed by atoms with E-state index in [0.717, 1.165) is 32.1 Å². The monoisotopic (exact) mass is 256 g/mol. The molecule has 0 amide bonds. The minimum absolute atomic E-state index is 0.00907. The smallest absolute Gasteiger partial charge is 0.310 e. The Bertz CT molecular complexity index is 307. The molecule has 0 radical (unpaired) electrons. The van der Waals surface area contributed by atoms with Crippen LogP contribution in [-0.4, -0.2) is 22.2 Å². The Labute approximate surface area is 108 Å². The molecule has 2 N–H and O–H groups in total. The zero-order valence-electron chi connectivity index (χ0n) is 11.3. The third-order valence-corrected chi connectivity index (χ3v) is 4.65. The van der Waals surface area contributed by atoms with Crippen molar-refractivity contribution in [2.24, 2.45) is 17.3 Å². The highest BCUT2D eigenvalue weighted by Crippen LogP contribution is 2.47. The lowest BCUT2D eigenvalue weighted by Gasteiger charge is -2.42. The van der Waals surface area contributed by atoms with Crippen molar-refractivity contribution in [3.63, 3.8) is 0 Å². The Hall–Kier alpha value is -1.06. The van der Waals surface area contributed by atoms with Gasteiger partial charge >= 0.3 is 11.9 Å². The van der Waals surface area contributed by atoms with Crippen LogP contribution in [0.3, 0.4) is 0 Å². The van der Waals surface area contributed by atoms with Crippen molar-refractivity contribution in [1.29, 1.82) is 0 Å². The summed E-state index contributed by atoms with van der Waals surface area (Å²) in [5, 5.41) is 19.0. The van der Waals surface area contributed by atoms with E-state index in [1.54, 1.807) is 6.92 Å². The first-order chi connectivity index (χ1) is 8.50. The molecule has 0 saturated heterocycles. The van der Waals surface area contributed by atoms with Gasteiger partial charge in [-0.25, -0.2) is 0 Å². The van der Waals surface area contributed by atoms with E-state index in [9.17, 15) is 19.8 Å². The van der Waals surface area contributed by atoms with Crippen LogP contribution in [0.5, 0.6) is 0 Å². The average molecular weight is 256 g/mol. The molecule has 0 heterocycles. The average Bonchev–Trinajstić information content (AvgIpc) is 2.35. The van der Waals surface area contributed by atoms with Gasteiger partial charge in [-0.3, -0.25) is 9.59 Å². The molecule has 1 saturated carbocycles. The second-order valence-corrected chi connectivity index (χ2v) is 5.33. The largest absolute Gasteiger partial charge is 0.481 e. The fourth-order valence-electron chi connectivity index (χ4n) is 3.67. The van der Waals surface area contributed by atoms with Gasteiger partial charge in [0, 0.05) is 0 Å². The molecule has 104 valence electrons. The lowest BCUT2D eigenvalue weighted by Crippen LogP contribution is -2.48. The van der Waals surface area contributed by atoms with E-state index >= 15 is 0 Å². The Balaban J connectivity index is 3.13. The minimum Gasteiger partial charge on any atom is -0.481 e. The number of hydrogen-bond donors (Lipinski definition) is 2. The van der Waals surface area contributed by atoms with Crippen molar-refractivity contribution in [2.75, 3.05) is 0 Å². The summed E-state index contributed by atoms with van der Waals surface area (Å²) >= 11 is 0. The van der Waals surface area contributed by atoms with Gasteiger partial charge in [-0.05, 0) is 31.6 Å². The van der Waals surface area contributed by atoms with Crippen LogP contribution in [0.15, 0.2) is 0 Å². The van der Waals surface area contributed by atoms with Crippen LogP contribution < -0.4 is 0 Å². The normalized spacial score (nSPS) is 22.1. The lowest BCUT2D eigenvalue weighted by atomic mass is 9.60. The van der Waals surface area contributed by atoms with Gasteiger partial charge in [0.05, 0.1) is 11.3 Å². The zero-order valence-corrected chi connectivity index (χ0v) is 11.3. The summed E-state index contributed by atoms with van der Waals surface area (Å²) in [7, 11) is 0. The molecule has 1 fully saturated rings. The number of hydrogen-bond acceptors (Lipinski definition) is 2. The fourth-order valence-corrected chi connectivity index (χ4v) is 3.67. The van der Waals surface area contributed by atoms with Crippen LogP contribution in [0.2, 0.25) is 0 Å². The van der Waals surface area contributed by atoms with E-state index in [-0.39, 0.29) is 5.92 Å². The van der Waals surface area contributed by atoms with E-state index in [1.165, 1.54) is 0 Å². The van der Waals surface area contributed by atoms with Crippen LogP contribution in [0.25, 0.3) is 0 Å². The van der Waals surface area contributed by atoms with Crippen molar-refractivity contribution < 1.29 is 19.8 Å². The number of carboxylic acid groups (broad SMARTS) is 2. The Morgan fingerprint density at radius 1 is 1.17 bits per heavy atom. The first-order valence-electron chi connectivity index (χ1n) is 6.96. The standard InChI is InChI=1S/C14H24O4/c1-3-11(12(15)16)14(4-2,13(17)18)10-8-6-5-7-9-10/h10-11H,3-9H2,1-2H3,(H,15,16)(H,17,18). The topological polar surface area (TPSA) is 74.6 Å². The quantitative estimate of drug-likeness (QED) is 0.765. The number of rotatable bonds is 6. The van der Waals surface area contributed by atoms with Crippen LogP contribution in [0.4, 0.5) is 0 Å². The lowest BCUT2D eigenvalue weighted by molar-refractivity contribution is -0.169. The van der Waals surface area contributed by atoms with E-state index in [0.29, 0.717) is 12.8 Å². The van der Waals surface area contributed by atoms with Gasteiger partial charge < -0.3 is 10.2 Å². The molecule has 1 aliphatic carbocycles. The van der Waals surface area contributed by atoms with Gasteiger partial charge in [-0.15, -0.1) is 0 Å². The van der Waals surface area contributed by atoms with Crippen molar-refractivity contribution >= 4 is 11.9 Å². The molecule has 18 heavy (non-hydrogen) atoms. The van der Waals surface area contributed by atoms with Crippen molar-refractivity contribution in [1.82, 2.24) is 0 Å². The molecule has 0 spiro atoms. The zero-order chi connectivity index (χ0) is 13.8. The van der Waals surface area contributed by atoms with Crippen molar-refractivity contribution in [2.45, 2.75) is 58.8 Å². The fraction of sp³-hybridized carbons (Fsp3) is 0.857. The maximum absolute atomic E-state index is 11.8.